The lowest BCUT2D eigenvalue weighted by molar-refractivity contribution is -0.118. The highest BCUT2D eigenvalue weighted by Crippen LogP contribution is 2.12. The fourth-order valence-corrected chi connectivity index (χ4v) is 1.73. The minimum atomic E-state index is -0.532. The first-order valence-corrected chi connectivity index (χ1v) is 6.36. The van der Waals surface area contributed by atoms with Crippen molar-refractivity contribution in [3.05, 3.63) is 34.9 Å². The maximum atomic E-state index is 12.3. The Morgan fingerprint density at radius 1 is 1.35 bits per heavy atom. The van der Waals surface area contributed by atoms with E-state index in [0.717, 1.165) is 11.1 Å². The van der Waals surface area contributed by atoms with Crippen molar-refractivity contribution in [2.45, 2.75) is 13.8 Å². The minimum absolute atomic E-state index is 0.0903. The SMILES string of the molecule is CCN(CC(N)=O)C(=O)c1ccc(C)c(C#CCN)c1. The van der Waals surface area contributed by atoms with Crippen LogP contribution in [0.2, 0.25) is 0 Å². The van der Waals surface area contributed by atoms with Crippen LogP contribution in [0.5, 0.6) is 0 Å². The van der Waals surface area contributed by atoms with Gasteiger partial charge in [0.25, 0.3) is 5.91 Å². The molecule has 0 unspecified atom stereocenters. The Hall–Kier alpha value is -2.32. The molecule has 2 amide bonds. The van der Waals surface area contributed by atoms with Gasteiger partial charge in [0.1, 0.15) is 0 Å². The first kappa shape index (κ1) is 15.7. The van der Waals surface area contributed by atoms with Gasteiger partial charge in [0, 0.05) is 17.7 Å². The number of hydrogen-bond acceptors (Lipinski definition) is 3. The number of benzene rings is 1. The molecule has 0 spiro atoms. The van der Waals surface area contributed by atoms with Crippen molar-refractivity contribution in [2.75, 3.05) is 19.6 Å². The lowest BCUT2D eigenvalue weighted by atomic mass is 10.0. The van der Waals surface area contributed by atoms with E-state index in [1.54, 1.807) is 19.1 Å². The number of rotatable bonds is 4. The number of likely N-dealkylation sites (N-methyl/N-ethyl adjacent to an activating group) is 1. The molecule has 5 nitrogen and oxygen atoms in total. The lowest BCUT2D eigenvalue weighted by Gasteiger charge is -2.19. The van der Waals surface area contributed by atoms with Crippen LogP contribution in [-0.2, 0) is 4.79 Å². The normalized spacial score (nSPS) is 9.55. The molecule has 0 aliphatic rings. The maximum Gasteiger partial charge on any atom is 0.254 e. The molecule has 0 aliphatic heterocycles. The summed E-state index contributed by atoms with van der Waals surface area (Å²) in [5, 5.41) is 0. The van der Waals surface area contributed by atoms with Gasteiger partial charge in [-0.05, 0) is 31.5 Å². The highest BCUT2D eigenvalue weighted by molar-refractivity contribution is 5.96. The van der Waals surface area contributed by atoms with Gasteiger partial charge in [-0.15, -0.1) is 0 Å². The van der Waals surface area contributed by atoms with Crippen LogP contribution < -0.4 is 11.5 Å². The van der Waals surface area contributed by atoms with Gasteiger partial charge in [0.2, 0.25) is 5.91 Å². The Morgan fingerprint density at radius 2 is 2.05 bits per heavy atom. The van der Waals surface area contributed by atoms with Crippen molar-refractivity contribution in [1.29, 1.82) is 0 Å². The molecule has 0 aromatic heterocycles. The Labute approximate surface area is 118 Å². The van der Waals surface area contributed by atoms with Crippen molar-refractivity contribution in [2.24, 2.45) is 11.5 Å². The molecule has 0 bridgehead atoms. The van der Waals surface area contributed by atoms with Gasteiger partial charge in [-0.2, -0.15) is 0 Å². The highest BCUT2D eigenvalue weighted by Gasteiger charge is 2.16. The summed E-state index contributed by atoms with van der Waals surface area (Å²) in [6.07, 6.45) is 0. The summed E-state index contributed by atoms with van der Waals surface area (Å²) in [4.78, 5) is 24.6. The number of nitrogens with two attached hydrogens (primary N) is 2. The number of primary amides is 1. The predicted octanol–water partition coefficient (Wildman–Crippen LogP) is 0.253. The van der Waals surface area contributed by atoms with E-state index in [1.807, 2.05) is 13.0 Å². The fraction of sp³-hybridized carbons (Fsp3) is 0.333. The van der Waals surface area contributed by atoms with E-state index in [-0.39, 0.29) is 19.0 Å². The molecule has 0 aliphatic carbocycles. The van der Waals surface area contributed by atoms with Gasteiger partial charge in [0.15, 0.2) is 0 Å². The molecule has 0 fully saturated rings. The number of aryl methyl sites for hydroxylation is 1. The summed E-state index contributed by atoms with van der Waals surface area (Å²) < 4.78 is 0. The molecule has 0 atom stereocenters. The number of nitrogens with zero attached hydrogens (tertiary/aromatic N) is 1. The molecule has 1 rings (SSSR count). The van der Waals surface area contributed by atoms with Crippen molar-refractivity contribution >= 4 is 11.8 Å². The molecule has 0 saturated heterocycles. The third kappa shape index (κ3) is 4.11. The van der Waals surface area contributed by atoms with Gasteiger partial charge in [-0.1, -0.05) is 17.9 Å². The molecule has 4 N–H and O–H groups in total. The third-order valence-corrected chi connectivity index (χ3v) is 2.83. The van der Waals surface area contributed by atoms with E-state index in [9.17, 15) is 9.59 Å². The Morgan fingerprint density at radius 3 is 2.60 bits per heavy atom. The first-order chi connectivity index (χ1) is 9.49. The number of amides is 2. The highest BCUT2D eigenvalue weighted by atomic mass is 16.2. The Kier molecular flexibility index (Phi) is 5.75. The van der Waals surface area contributed by atoms with Crippen LogP contribution in [0.3, 0.4) is 0 Å². The molecule has 1 aromatic rings. The van der Waals surface area contributed by atoms with Gasteiger partial charge in [0.05, 0.1) is 13.1 Å². The van der Waals surface area contributed by atoms with Crippen molar-refractivity contribution in [3.8, 4) is 11.8 Å². The molecule has 20 heavy (non-hydrogen) atoms. The molecule has 0 saturated carbocycles. The van der Waals surface area contributed by atoms with Gasteiger partial charge >= 0.3 is 0 Å². The van der Waals surface area contributed by atoms with Gasteiger partial charge in [-0.25, -0.2) is 0 Å². The zero-order chi connectivity index (χ0) is 15.1. The van der Waals surface area contributed by atoms with E-state index >= 15 is 0 Å². The van der Waals surface area contributed by atoms with E-state index in [4.69, 9.17) is 11.5 Å². The van der Waals surface area contributed by atoms with Crippen molar-refractivity contribution < 1.29 is 9.59 Å². The van der Waals surface area contributed by atoms with Crippen LogP contribution >= 0.6 is 0 Å². The number of hydrogen-bond donors (Lipinski definition) is 2. The van der Waals surface area contributed by atoms with Crippen LogP contribution in [0.25, 0.3) is 0 Å². The topological polar surface area (TPSA) is 89.4 Å². The second-order valence-corrected chi connectivity index (χ2v) is 4.32. The molecule has 0 radical (unpaired) electrons. The second kappa shape index (κ2) is 7.31. The van der Waals surface area contributed by atoms with Crippen LogP contribution in [-0.4, -0.2) is 36.3 Å². The zero-order valence-corrected chi connectivity index (χ0v) is 11.8. The molecule has 106 valence electrons. The average molecular weight is 273 g/mol. The van der Waals surface area contributed by atoms with Crippen molar-refractivity contribution in [3.63, 3.8) is 0 Å². The minimum Gasteiger partial charge on any atom is -0.368 e. The second-order valence-electron chi connectivity index (χ2n) is 4.32. The van der Waals surface area contributed by atoms with Crippen LogP contribution in [0.15, 0.2) is 18.2 Å². The van der Waals surface area contributed by atoms with Crippen LogP contribution in [0.4, 0.5) is 0 Å². The smallest absolute Gasteiger partial charge is 0.254 e. The molecular weight excluding hydrogens is 254 g/mol. The molecular formula is C15H19N3O2. The van der Waals surface area contributed by atoms with Crippen LogP contribution in [0.1, 0.15) is 28.4 Å². The van der Waals surface area contributed by atoms with E-state index in [1.165, 1.54) is 4.90 Å². The summed E-state index contributed by atoms with van der Waals surface area (Å²) in [7, 11) is 0. The van der Waals surface area contributed by atoms with E-state index < -0.39 is 5.91 Å². The Bertz CT molecular complexity index is 570. The monoisotopic (exact) mass is 273 g/mol. The van der Waals surface area contributed by atoms with Crippen LogP contribution in [0, 0.1) is 18.8 Å². The molecule has 5 heteroatoms. The predicted molar refractivity (Wildman–Crippen MR) is 77.9 cm³/mol. The van der Waals surface area contributed by atoms with Crippen molar-refractivity contribution in [1.82, 2.24) is 4.90 Å². The maximum absolute atomic E-state index is 12.3. The summed E-state index contributed by atoms with van der Waals surface area (Å²) in [5.74, 6) is 4.93. The van der Waals surface area contributed by atoms with E-state index in [0.29, 0.717) is 12.1 Å². The quantitative estimate of drug-likeness (QED) is 0.771. The Balaban J connectivity index is 3.06. The summed E-state index contributed by atoms with van der Waals surface area (Å²) >= 11 is 0. The molecule has 1 aromatic carbocycles. The van der Waals surface area contributed by atoms with Gasteiger partial charge < -0.3 is 16.4 Å². The van der Waals surface area contributed by atoms with E-state index in [2.05, 4.69) is 11.8 Å². The number of carbonyl (C=O) groups excluding carboxylic acids is 2. The largest absolute Gasteiger partial charge is 0.368 e. The first-order valence-electron chi connectivity index (χ1n) is 6.36. The summed E-state index contributed by atoms with van der Waals surface area (Å²) in [6.45, 7) is 4.30. The molecule has 0 heterocycles. The standard InChI is InChI=1S/C15H19N3O2/c1-3-18(10-14(17)19)15(20)13-7-6-11(2)12(9-13)5-4-8-16/h6-7,9H,3,8,10,16H2,1-2H3,(H2,17,19). The number of carbonyl (C=O) groups is 2. The summed E-state index contributed by atoms with van der Waals surface area (Å²) in [6, 6.07) is 5.25. The zero-order valence-electron chi connectivity index (χ0n) is 11.8. The third-order valence-electron chi connectivity index (χ3n) is 2.83. The lowest BCUT2D eigenvalue weighted by Crippen LogP contribution is -2.38. The summed E-state index contributed by atoms with van der Waals surface area (Å²) in [5.41, 5.74) is 12.7. The fourth-order valence-electron chi connectivity index (χ4n) is 1.73. The average Bonchev–Trinajstić information content (AvgIpc) is 2.43. The van der Waals surface area contributed by atoms with Gasteiger partial charge in [-0.3, -0.25) is 9.59 Å².